The monoisotopic (exact) mass is 468 g/mol. The highest BCUT2D eigenvalue weighted by Gasteiger charge is 2.19. The summed E-state index contributed by atoms with van der Waals surface area (Å²) >= 11 is 9.62. The van der Waals surface area contributed by atoms with E-state index in [-0.39, 0.29) is 11.9 Å². The molecule has 3 heterocycles. The van der Waals surface area contributed by atoms with E-state index in [0.29, 0.717) is 0 Å². The number of carbonyl (C=O) groups is 1. The molecule has 0 radical (unpaired) electrons. The Balaban J connectivity index is 1.48. The molecule has 0 fully saturated rings. The van der Waals surface area contributed by atoms with Gasteiger partial charge in [-0.1, -0.05) is 35.9 Å². The molecule has 0 saturated carbocycles. The summed E-state index contributed by atoms with van der Waals surface area (Å²) in [5.41, 5.74) is 1.76. The highest BCUT2D eigenvalue weighted by molar-refractivity contribution is 7.98. The highest BCUT2D eigenvalue weighted by Crippen LogP contribution is 2.33. The number of nitrogens with one attached hydrogen (secondary N) is 1. The van der Waals surface area contributed by atoms with Crippen molar-refractivity contribution in [3.8, 4) is 10.4 Å². The predicted octanol–water partition coefficient (Wildman–Crippen LogP) is 5.74. The summed E-state index contributed by atoms with van der Waals surface area (Å²) < 4.78 is 1.92. The molecule has 0 aliphatic carbocycles. The lowest BCUT2D eigenvalue weighted by atomic mass is 10.2. The Morgan fingerprint density at radius 3 is 2.87 bits per heavy atom. The molecule has 3 aromatic heterocycles. The third-order valence-electron chi connectivity index (χ3n) is 4.74. The van der Waals surface area contributed by atoms with E-state index in [1.165, 1.54) is 0 Å². The molecule has 4 aromatic rings. The maximum Gasteiger partial charge on any atom is 0.244 e. The van der Waals surface area contributed by atoms with Crippen molar-refractivity contribution in [2.75, 3.05) is 12.0 Å². The number of hydrogen-bond donors (Lipinski definition) is 1. The van der Waals surface area contributed by atoms with E-state index in [1.54, 1.807) is 29.2 Å². The molecule has 1 N–H and O–H groups in total. The number of benzene rings is 1. The topological polar surface area (TPSA) is 59.3 Å². The Kier molecular flexibility index (Phi) is 7.06. The molecule has 0 spiro atoms. The first kappa shape index (κ1) is 21.6. The molecule has 0 aliphatic heterocycles. The second-order valence-corrected chi connectivity index (χ2v) is 9.35. The van der Waals surface area contributed by atoms with Crippen LogP contribution in [-0.4, -0.2) is 32.5 Å². The third-order valence-corrected chi connectivity index (χ3v) is 6.80. The number of carbonyl (C=O) groups excluding carboxylic acids is 1. The maximum atomic E-state index is 12.7. The van der Waals surface area contributed by atoms with E-state index in [0.717, 1.165) is 44.0 Å². The number of nitrogens with zero attached hydrogens (tertiary/aromatic N) is 3. The van der Waals surface area contributed by atoms with Crippen LogP contribution < -0.4 is 5.32 Å². The Bertz CT molecular complexity index is 1220. The van der Waals surface area contributed by atoms with E-state index < -0.39 is 0 Å². The minimum Gasteiger partial charge on any atom is -0.342 e. The maximum absolute atomic E-state index is 12.7. The lowest BCUT2D eigenvalue weighted by Gasteiger charge is -2.15. The highest BCUT2D eigenvalue weighted by atomic mass is 35.5. The van der Waals surface area contributed by atoms with Gasteiger partial charge < -0.3 is 5.32 Å². The van der Waals surface area contributed by atoms with Crippen molar-refractivity contribution in [3.63, 3.8) is 0 Å². The largest absolute Gasteiger partial charge is 0.342 e. The Labute approximate surface area is 194 Å². The van der Waals surface area contributed by atoms with Gasteiger partial charge in [-0.25, -0.2) is 0 Å². The number of rotatable bonds is 8. The molecule has 31 heavy (non-hydrogen) atoms. The van der Waals surface area contributed by atoms with Crippen molar-refractivity contribution in [2.45, 2.75) is 12.5 Å². The minimum atomic E-state index is -0.218. The summed E-state index contributed by atoms with van der Waals surface area (Å²) in [5.74, 6) is 1.48. The van der Waals surface area contributed by atoms with Crippen molar-refractivity contribution in [3.05, 3.63) is 82.6 Å². The standard InChI is InChI=1S/C23H21ClN4OS2/c1-30-15-13-19(23-27-26-21-8-4-5-14-28(21)23)25-22(29)12-10-16-9-11-20(31-16)17-6-2-3-7-18(17)24/h2-12,14,19H,13,15H2,1H3,(H,25,29)/b12-10-. The number of fused-ring (bicyclic) bond motifs is 1. The molecule has 5 nitrogen and oxygen atoms in total. The van der Waals surface area contributed by atoms with Crippen LogP contribution >= 0.6 is 34.7 Å². The van der Waals surface area contributed by atoms with E-state index in [1.807, 2.05) is 77.5 Å². The van der Waals surface area contributed by atoms with Crippen LogP contribution in [0.15, 0.2) is 66.9 Å². The SMILES string of the molecule is CSCCC(NC(=O)/C=C\c1ccc(-c2ccccc2Cl)s1)c1nnc2ccccn12. The van der Waals surface area contributed by atoms with Crippen LogP contribution in [0, 0.1) is 0 Å². The van der Waals surface area contributed by atoms with Gasteiger partial charge in [0.05, 0.1) is 6.04 Å². The molecule has 0 aliphatic rings. The Morgan fingerprint density at radius 2 is 2.03 bits per heavy atom. The molecule has 1 atom stereocenters. The van der Waals surface area contributed by atoms with Gasteiger partial charge in [0.25, 0.3) is 0 Å². The van der Waals surface area contributed by atoms with Crippen molar-refractivity contribution in [1.82, 2.24) is 19.9 Å². The predicted molar refractivity (Wildman–Crippen MR) is 131 cm³/mol. The van der Waals surface area contributed by atoms with Gasteiger partial charge in [-0.2, -0.15) is 11.8 Å². The fourth-order valence-corrected chi connectivity index (χ4v) is 4.94. The van der Waals surface area contributed by atoms with Crippen molar-refractivity contribution in [2.24, 2.45) is 0 Å². The quantitative estimate of drug-likeness (QED) is 0.335. The van der Waals surface area contributed by atoms with Crippen LogP contribution in [0.3, 0.4) is 0 Å². The molecule has 0 saturated heterocycles. The van der Waals surface area contributed by atoms with Gasteiger partial charge >= 0.3 is 0 Å². The smallest absolute Gasteiger partial charge is 0.244 e. The van der Waals surface area contributed by atoms with Gasteiger partial charge in [0, 0.05) is 32.6 Å². The van der Waals surface area contributed by atoms with Crippen molar-refractivity contribution >= 4 is 52.3 Å². The van der Waals surface area contributed by atoms with E-state index in [4.69, 9.17) is 11.6 Å². The summed E-state index contributed by atoms with van der Waals surface area (Å²) in [4.78, 5) is 14.7. The van der Waals surface area contributed by atoms with Gasteiger partial charge in [0.2, 0.25) is 5.91 Å². The Hall–Kier alpha value is -2.61. The molecule has 0 bridgehead atoms. The summed E-state index contributed by atoms with van der Waals surface area (Å²) in [6.07, 6.45) is 8.13. The van der Waals surface area contributed by atoms with E-state index >= 15 is 0 Å². The lowest BCUT2D eigenvalue weighted by molar-refractivity contribution is -0.117. The first-order valence-electron chi connectivity index (χ1n) is 9.77. The average Bonchev–Trinajstić information content (AvgIpc) is 3.43. The third kappa shape index (κ3) is 5.18. The molecule has 158 valence electrons. The zero-order chi connectivity index (χ0) is 21.6. The van der Waals surface area contributed by atoms with Crippen LogP contribution in [0.2, 0.25) is 5.02 Å². The van der Waals surface area contributed by atoms with Gasteiger partial charge in [-0.15, -0.1) is 21.5 Å². The van der Waals surface area contributed by atoms with E-state index in [2.05, 4.69) is 15.5 Å². The zero-order valence-electron chi connectivity index (χ0n) is 16.9. The van der Waals surface area contributed by atoms with Crippen LogP contribution in [0.1, 0.15) is 23.2 Å². The van der Waals surface area contributed by atoms with Crippen LogP contribution in [-0.2, 0) is 4.79 Å². The number of thiophene rings is 1. The zero-order valence-corrected chi connectivity index (χ0v) is 19.3. The first-order chi connectivity index (χ1) is 15.2. The van der Waals surface area contributed by atoms with Gasteiger partial charge in [-0.3, -0.25) is 9.20 Å². The van der Waals surface area contributed by atoms with Gasteiger partial charge in [-0.05, 0) is 54.8 Å². The Morgan fingerprint density at radius 1 is 1.19 bits per heavy atom. The van der Waals surface area contributed by atoms with Gasteiger partial charge in [0.1, 0.15) is 0 Å². The fourth-order valence-electron chi connectivity index (χ4n) is 3.22. The number of pyridine rings is 1. The normalized spacial score (nSPS) is 12.5. The average molecular weight is 469 g/mol. The van der Waals surface area contributed by atoms with Crippen LogP contribution in [0.5, 0.6) is 0 Å². The van der Waals surface area contributed by atoms with Crippen LogP contribution in [0.25, 0.3) is 22.2 Å². The van der Waals surface area contributed by atoms with E-state index in [9.17, 15) is 4.79 Å². The molecule has 1 unspecified atom stereocenters. The second-order valence-electron chi connectivity index (χ2n) is 6.84. The molecule has 1 aromatic carbocycles. The fraction of sp³-hybridized carbons (Fsp3) is 0.174. The molecular weight excluding hydrogens is 448 g/mol. The van der Waals surface area contributed by atoms with Crippen molar-refractivity contribution in [1.29, 1.82) is 0 Å². The number of aromatic nitrogens is 3. The summed E-state index contributed by atoms with van der Waals surface area (Å²) in [6.45, 7) is 0. The molecular formula is C23H21ClN4OS2. The second kappa shape index (κ2) is 10.1. The van der Waals surface area contributed by atoms with Crippen molar-refractivity contribution < 1.29 is 4.79 Å². The minimum absolute atomic E-state index is 0.161. The summed E-state index contributed by atoms with van der Waals surface area (Å²) in [5, 5.41) is 12.3. The van der Waals surface area contributed by atoms with Gasteiger partial charge in [0.15, 0.2) is 11.5 Å². The molecule has 1 amide bonds. The molecule has 4 rings (SSSR count). The lowest BCUT2D eigenvalue weighted by Crippen LogP contribution is -2.29. The first-order valence-corrected chi connectivity index (χ1v) is 12.4. The number of amides is 1. The number of halogens is 1. The number of hydrogen-bond acceptors (Lipinski definition) is 5. The molecule has 8 heteroatoms. The number of thioether (sulfide) groups is 1. The summed E-state index contributed by atoms with van der Waals surface area (Å²) in [6, 6.07) is 17.3. The summed E-state index contributed by atoms with van der Waals surface area (Å²) in [7, 11) is 0. The van der Waals surface area contributed by atoms with Crippen LogP contribution in [0.4, 0.5) is 0 Å².